The summed E-state index contributed by atoms with van der Waals surface area (Å²) in [5, 5.41) is 0. The van der Waals surface area contributed by atoms with Crippen molar-refractivity contribution in [1.29, 1.82) is 0 Å². The van der Waals surface area contributed by atoms with Crippen molar-refractivity contribution in [2.24, 2.45) is 5.92 Å². The molecular weight excluding hydrogens is 330 g/mol. The van der Waals surface area contributed by atoms with Gasteiger partial charge < -0.3 is 14.4 Å². The van der Waals surface area contributed by atoms with Crippen LogP contribution in [0.15, 0.2) is 0 Å². The highest BCUT2D eigenvalue weighted by molar-refractivity contribution is 5.70. The quantitative estimate of drug-likeness (QED) is 0.294. The Kier molecular flexibility index (Phi) is 15.4. The number of hydrogen-bond acceptors (Lipinski definition) is 5. The maximum absolute atomic E-state index is 12.0. The third kappa shape index (κ3) is 14.1. The first-order valence-corrected chi connectivity index (χ1v) is 10.4. The van der Waals surface area contributed by atoms with E-state index in [0.717, 1.165) is 38.1 Å². The van der Waals surface area contributed by atoms with Gasteiger partial charge in [0.1, 0.15) is 12.7 Å². The second-order valence-corrected chi connectivity index (χ2v) is 7.38. The summed E-state index contributed by atoms with van der Waals surface area (Å²) < 4.78 is 10.8. The fourth-order valence-corrected chi connectivity index (χ4v) is 2.93. The highest BCUT2D eigenvalue weighted by Gasteiger charge is 2.16. The summed E-state index contributed by atoms with van der Waals surface area (Å²) >= 11 is 0. The van der Waals surface area contributed by atoms with E-state index in [-0.39, 0.29) is 24.6 Å². The van der Waals surface area contributed by atoms with Crippen molar-refractivity contribution in [1.82, 2.24) is 4.90 Å². The van der Waals surface area contributed by atoms with Crippen LogP contribution in [-0.4, -0.2) is 50.2 Å². The summed E-state index contributed by atoms with van der Waals surface area (Å²) in [6.07, 6.45) is 9.09. The Bertz CT molecular complexity index is 367. The predicted molar refractivity (Wildman–Crippen MR) is 106 cm³/mol. The van der Waals surface area contributed by atoms with Crippen molar-refractivity contribution in [3.8, 4) is 0 Å². The fourth-order valence-electron chi connectivity index (χ4n) is 2.93. The summed E-state index contributed by atoms with van der Waals surface area (Å²) in [5.41, 5.74) is 0. The first kappa shape index (κ1) is 24.9. The summed E-state index contributed by atoms with van der Waals surface area (Å²) in [6, 6.07) is 0. The number of rotatable bonds is 16. The first-order chi connectivity index (χ1) is 12.4. The lowest BCUT2D eigenvalue weighted by Crippen LogP contribution is -2.25. The number of carbonyl (C=O) groups is 2. The Morgan fingerprint density at radius 2 is 1.54 bits per heavy atom. The third-order valence-corrected chi connectivity index (χ3v) is 4.80. The highest BCUT2D eigenvalue weighted by atomic mass is 16.6. The molecule has 154 valence electrons. The van der Waals surface area contributed by atoms with E-state index in [0.29, 0.717) is 12.8 Å². The minimum atomic E-state index is -0.314. The van der Waals surface area contributed by atoms with Crippen LogP contribution in [0.4, 0.5) is 0 Å². The summed E-state index contributed by atoms with van der Waals surface area (Å²) in [6.45, 7) is 7.31. The smallest absolute Gasteiger partial charge is 0.306 e. The predicted octanol–water partition coefficient (Wildman–Crippen LogP) is 4.58. The van der Waals surface area contributed by atoms with Gasteiger partial charge in [-0.25, -0.2) is 0 Å². The van der Waals surface area contributed by atoms with Gasteiger partial charge in [-0.05, 0) is 45.8 Å². The van der Waals surface area contributed by atoms with Crippen molar-refractivity contribution in [3.63, 3.8) is 0 Å². The number of ether oxygens (including phenoxy) is 2. The van der Waals surface area contributed by atoms with Crippen LogP contribution in [0, 0.1) is 5.92 Å². The van der Waals surface area contributed by atoms with E-state index in [4.69, 9.17) is 9.47 Å². The topological polar surface area (TPSA) is 55.8 Å². The molecule has 0 amide bonds. The van der Waals surface area contributed by atoms with Crippen LogP contribution in [-0.2, 0) is 19.1 Å². The highest BCUT2D eigenvalue weighted by Crippen LogP contribution is 2.18. The van der Waals surface area contributed by atoms with Gasteiger partial charge in [-0.1, -0.05) is 52.9 Å². The molecule has 0 rings (SSSR count). The maximum Gasteiger partial charge on any atom is 0.306 e. The Hall–Kier alpha value is -1.10. The molecule has 0 aromatic rings. The number of carbonyl (C=O) groups excluding carboxylic acids is 2. The molecule has 0 N–H and O–H groups in total. The van der Waals surface area contributed by atoms with Gasteiger partial charge in [0.15, 0.2) is 0 Å². The van der Waals surface area contributed by atoms with Gasteiger partial charge >= 0.3 is 11.9 Å². The molecular formula is C21H41NO4. The lowest BCUT2D eigenvalue weighted by atomic mass is 9.95. The van der Waals surface area contributed by atoms with Crippen LogP contribution < -0.4 is 0 Å². The molecule has 0 heterocycles. The molecule has 26 heavy (non-hydrogen) atoms. The van der Waals surface area contributed by atoms with E-state index in [9.17, 15) is 9.59 Å². The van der Waals surface area contributed by atoms with E-state index >= 15 is 0 Å². The summed E-state index contributed by atoms with van der Waals surface area (Å²) in [7, 11) is 3.97. The fraction of sp³-hybridized carbons (Fsp3) is 0.905. The average molecular weight is 372 g/mol. The first-order valence-electron chi connectivity index (χ1n) is 10.4. The molecule has 0 fully saturated rings. The molecule has 5 nitrogen and oxygen atoms in total. The van der Waals surface area contributed by atoms with Crippen LogP contribution in [0.3, 0.4) is 0 Å². The SMILES string of the molecule is CCC(=O)OCC(CCCCCC(CC)CC)OC(=O)CCCN(C)C. The molecule has 0 saturated heterocycles. The van der Waals surface area contributed by atoms with Gasteiger partial charge in [-0.3, -0.25) is 9.59 Å². The number of esters is 2. The van der Waals surface area contributed by atoms with E-state index < -0.39 is 0 Å². The van der Waals surface area contributed by atoms with Crippen LogP contribution in [0.5, 0.6) is 0 Å². The van der Waals surface area contributed by atoms with Gasteiger partial charge in [-0.2, -0.15) is 0 Å². The number of unbranched alkanes of at least 4 members (excludes halogenated alkanes) is 2. The van der Waals surface area contributed by atoms with Gasteiger partial charge in [0.2, 0.25) is 0 Å². The van der Waals surface area contributed by atoms with Gasteiger partial charge in [0, 0.05) is 12.8 Å². The minimum absolute atomic E-state index is 0.179. The van der Waals surface area contributed by atoms with Crippen LogP contribution in [0.1, 0.15) is 85.0 Å². The molecule has 0 spiro atoms. The molecule has 0 aliphatic rings. The Morgan fingerprint density at radius 1 is 0.885 bits per heavy atom. The molecule has 0 aliphatic heterocycles. The summed E-state index contributed by atoms with van der Waals surface area (Å²) in [4.78, 5) is 25.5. The van der Waals surface area contributed by atoms with Crippen molar-refractivity contribution < 1.29 is 19.1 Å². The minimum Gasteiger partial charge on any atom is -0.462 e. The molecule has 0 aliphatic carbocycles. The Labute approximate surface area is 160 Å². The van der Waals surface area contributed by atoms with Crippen molar-refractivity contribution >= 4 is 11.9 Å². The molecule has 5 heteroatoms. The van der Waals surface area contributed by atoms with Crippen LogP contribution in [0.2, 0.25) is 0 Å². The second kappa shape index (κ2) is 16.1. The zero-order chi connectivity index (χ0) is 19.8. The van der Waals surface area contributed by atoms with Crippen LogP contribution in [0.25, 0.3) is 0 Å². The zero-order valence-corrected chi connectivity index (χ0v) is 17.7. The largest absolute Gasteiger partial charge is 0.462 e. The number of nitrogens with zero attached hydrogens (tertiary/aromatic N) is 1. The molecule has 0 aromatic heterocycles. The standard InChI is InChI=1S/C21H41NO4/c1-6-18(7-2)13-10-9-11-14-19(17-25-20(23)8-3)26-21(24)15-12-16-22(4)5/h18-19H,6-17H2,1-5H3. The van der Waals surface area contributed by atoms with E-state index in [1.165, 1.54) is 25.7 Å². The molecule has 1 unspecified atom stereocenters. The Balaban J connectivity index is 4.20. The van der Waals surface area contributed by atoms with E-state index in [2.05, 4.69) is 13.8 Å². The lowest BCUT2D eigenvalue weighted by Gasteiger charge is -2.18. The summed E-state index contributed by atoms with van der Waals surface area (Å²) in [5.74, 6) is 0.389. The van der Waals surface area contributed by atoms with Crippen molar-refractivity contribution in [3.05, 3.63) is 0 Å². The van der Waals surface area contributed by atoms with Gasteiger partial charge in [0.25, 0.3) is 0 Å². The molecule has 0 bridgehead atoms. The Morgan fingerprint density at radius 3 is 2.12 bits per heavy atom. The van der Waals surface area contributed by atoms with Crippen molar-refractivity contribution in [2.45, 2.75) is 91.1 Å². The van der Waals surface area contributed by atoms with Crippen molar-refractivity contribution in [2.75, 3.05) is 27.2 Å². The second-order valence-electron chi connectivity index (χ2n) is 7.38. The lowest BCUT2D eigenvalue weighted by molar-refractivity contribution is -0.159. The molecule has 0 saturated carbocycles. The van der Waals surface area contributed by atoms with E-state index in [1.54, 1.807) is 6.92 Å². The normalized spacial score (nSPS) is 12.4. The third-order valence-electron chi connectivity index (χ3n) is 4.80. The molecule has 1 atom stereocenters. The molecule has 0 aromatic carbocycles. The van der Waals surface area contributed by atoms with Gasteiger partial charge in [-0.15, -0.1) is 0 Å². The van der Waals surface area contributed by atoms with Gasteiger partial charge in [0.05, 0.1) is 0 Å². The van der Waals surface area contributed by atoms with E-state index in [1.807, 2.05) is 19.0 Å². The van der Waals surface area contributed by atoms with Crippen LogP contribution >= 0.6 is 0 Å². The number of hydrogen-bond donors (Lipinski definition) is 0. The zero-order valence-electron chi connectivity index (χ0n) is 17.7. The monoisotopic (exact) mass is 371 g/mol. The molecule has 0 radical (unpaired) electrons. The average Bonchev–Trinajstić information content (AvgIpc) is 2.61. The maximum atomic E-state index is 12.0.